The zero-order valence-electron chi connectivity index (χ0n) is 19.1. The molecule has 3 aromatic carbocycles. The van der Waals surface area contributed by atoms with Gasteiger partial charge in [-0.3, -0.25) is 0 Å². The second-order valence-corrected chi connectivity index (χ2v) is 6.64. The van der Waals surface area contributed by atoms with Gasteiger partial charge in [-0.25, -0.2) is 0 Å². The molecule has 0 aliphatic carbocycles. The maximum atomic E-state index is 9.75. The van der Waals surface area contributed by atoms with Crippen molar-refractivity contribution in [3.8, 4) is 0 Å². The minimum atomic E-state index is -6.00. The van der Waals surface area contributed by atoms with Crippen LogP contribution in [0.2, 0.25) is 0 Å². The zero-order valence-corrected chi connectivity index (χ0v) is 19.1. The average molecular weight is 592 g/mol. The van der Waals surface area contributed by atoms with Crippen LogP contribution in [0.4, 0.5) is 69.1 Å². The molecule has 3 rings (SSSR count). The Labute approximate surface area is 212 Å². The van der Waals surface area contributed by atoms with E-state index in [4.69, 9.17) is 0 Å². The molecular weight excluding hydrogens is 575 g/mol. The van der Waals surface area contributed by atoms with E-state index >= 15 is 0 Å². The topological polar surface area (TPSA) is 0 Å². The maximum absolute atomic E-state index is 9.75. The van der Waals surface area contributed by atoms with Crippen LogP contribution >= 0.6 is 0 Å². The van der Waals surface area contributed by atoms with Gasteiger partial charge in [-0.05, 0) is 16.7 Å². The van der Waals surface area contributed by atoms with Crippen LogP contribution < -0.4 is 0 Å². The van der Waals surface area contributed by atoms with Gasteiger partial charge in [0.25, 0.3) is 0 Å². The second kappa shape index (κ2) is 17.4. The van der Waals surface area contributed by atoms with Crippen molar-refractivity contribution in [1.29, 1.82) is 0 Å². The first kappa shape index (κ1) is 37.9. The lowest BCUT2D eigenvalue weighted by atomic mass is 9.85. The summed E-state index contributed by atoms with van der Waals surface area (Å²) in [6, 6.07) is 32.0. The number of hydrogen-bond donors (Lipinski definition) is 0. The summed E-state index contributed by atoms with van der Waals surface area (Å²) in [5, 5.41) is 0. The number of rotatable bonds is 3. The van der Waals surface area contributed by atoms with Gasteiger partial charge in [0, 0.05) is 5.92 Å². The van der Waals surface area contributed by atoms with Crippen molar-refractivity contribution < 1.29 is 69.1 Å². The van der Waals surface area contributed by atoms with Crippen LogP contribution in [0, 0.1) is 0 Å². The van der Waals surface area contributed by atoms with E-state index in [2.05, 4.69) is 91.0 Å². The van der Waals surface area contributed by atoms with Crippen LogP contribution in [0.1, 0.15) is 22.6 Å². The third-order valence-electron chi connectivity index (χ3n) is 3.40. The Hall–Kier alpha value is -3.20. The molecule has 0 unspecified atom stereocenters. The normalized spacial score (nSPS) is 11.3. The molecule has 0 spiro atoms. The molecular formula is C19H16B4F16-4. The molecule has 0 aliphatic heterocycles. The fourth-order valence-corrected chi connectivity index (χ4v) is 2.51. The second-order valence-electron chi connectivity index (χ2n) is 6.64. The van der Waals surface area contributed by atoms with Gasteiger partial charge in [-0.15, -0.1) is 0 Å². The highest BCUT2D eigenvalue weighted by atomic mass is 19.5. The largest absolute Gasteiger partial charge is 0.673 e. The monoisotopic (exact) mass is 592 g/mol. The Balaban J connectivity index is 0. The molecule has 220 valence electrons. The van der Waals surface area contributed by atoms with E-state index < -0.39 is 29.0 Å². The molecule has 0 radical (unpaired) electrons. The van der Waals surface area contributed by atoms with E-state index in [0.717, 1.165) is 0 Å². The Morgan fingerprint density at radius 1 is 0.282 bits per heavy atom. The Morgan fingerprint density at radius 3 is 0.538 bits per heavy atom. The Kier molecular flexibility index (Phi) is 16.9. The lowest BCUT2D eigenvalue weighted by molar-refractivity contribution is 0.366. The molecule has 0 saturated carbocycles. The van der Waals surface area contributed by atoms with E-state index in [-0.39, 0.29) is 0 Å². The minimum Gasteiger partial charge on any atom is -0.418 e. The van der Waals surface area contributed by atoms with Crippen LogP contribution in [-0.2, 0) is 0 Å². The molecule has 39 heavy (non-hydrogen) atoms. The SMILES string of the molecule is F[B-](F)(F)F.F[B-](F)(F)F.F[B-](F)(F)F.F[B-](F)(F)F.c1ccc(C(c2ccccc2)c2ccccc2)cc1. The van der Waals surface area contributed by atoms with Crippen molar-refractivity contribution >= 4 is 29.0 Å². The standard InChI is InChI=1S/C19H16.4BF4/c1-4-10-16(11-5-1)19(17-12-6-2-7-13-17)18-14-8-3-9-15-18;4*2-1(3,4)5/h1-15,19H;;;;/q;4*-1. The summed E-state index contributed by atoms with van der Waals surface area (Å²) in [5.41, 5.74) is 4.00. The maximum Gasteiger partial charge on any atom is 0.673 e. The van der Waals surface area contributed by atoms with Gasteiger partial charge in [0.15, 0.2) is 0 Å². The number of halogens is 16. The summed E-state index contributed by atoms with van der Waals surface area (Å²) in [7, 11) is -24.0. The van der Waals surface area contributed by atoms with Gasteiger partial charge in [0.05, 0.1) is 0 Å². The smallest absolute Gasteiger partial charge is 0.418 e. The van der Waals surface area contributed by atoms with Crippen LogP contribution in [0.3, 0.4) is 0 Å². The molecule has 0 bridgehead atoms. The predicted molar refractivity (Wildman–Crippen MR) is 121 cm³/mol. The highest BCUT2D eigenvalue weighted by Crippen LogP contribution is 2.31. The highest BCUT2D eigenvalue weighted by molar-refractivity contribution is 6.50. The van der Waals surface area contributed by atoms with E-state index in [1.807, 2.05) is 0 Å². The van der Waals surface area contributed by atoms with Crippen LogP contribution in [0.15, 0.2) is 91.0 Å². The molecule has 0 amide bonds. The fourth-order valence-electron chi connectivity index (χ4n) is 2.51. The minimum absolute atomic E-state index is 0.309. The number of hydrogen-bond acceptors (Lipinski definition) is 0. The lowest BCUT2D eigenvalue weighted by Gasteiger charge is -2.18. The molecule has 3 aromatic rings. The first-order valence-electron chi connectivity index (χ1n) is 10.1. The van der Waals surface area contributed by atoms with Gasteiger partial charge >= 0.3 is 29.0 Å². The molecule has 0 aliphatic rings. The molecule has 0 N–H and O–H groups in total. The third-order valence-corrected chi connectivity index (χ3v) is 3.40. The zero-order chi connectivity index (χ0) is 30.9. The van der Waals surface area contributed by atoms with Crippen LogP contribution in [-0.4, -0.2) is 29.0 Å². The quantitative estimate of drug-likeness (QED) is 0.162. The summed E-state index contributed by atoms with van der Waals surface area (Å²) < 4.78 is 156. The Bertz CT molecular complexity index is 826. The molecule has 0 aromatic heterocycles. The van der Waals surface area contributed by atoms with Crippen molar-refractivity contribution in [2.75, 3.05) is 0 Å². The Morgan fingerprint density at radius 2 is 0.410 bits per heavy atom. The van der Waals surface area contributed by atoms with Gasteiger partial charge in [-0.1, -0.05) is 91.0 Å². The predicted octanol–water partition coefficient (Wildman–Crippen LogP) is 10.1. The van der Waals surface area contributed by atoms with Crippen molar-refractivity contribution in [3.63, 3.8) is 0 Å². The van der Waals surface area contributed by atoms with Crippen molar-refractivity contribution in [1.82, 2.24) is 0 Å². The molecule has 0 nitrogen and oxygen atoms in total. The fraction of sp³-hybridized carbons (Fsp3) is 0.0526. The highest BCUT2D eigenvalue weighted by Gasteiger charge is 2.22. The van der Waals surface area contributed by atoms with E-state index in [1.165, 1.54) is 16.7 Å². The average Bonchev–Trinajstić information content (AvgIpc) is 2.72. The first-order chi connectivity index (χ1) is 17.4. The molecule has 0 fully saturated rings. The van der Waals surface area contributed by atoms with Crippen molar-refractivity contribution in [2.24, 2.45) is 0 Å². The molecule has 0 atom stereocenters. The molecule has 0 heterocycles. The molecule has 0 saturated heterocycles. The third kappa shape index (κ3) is 34.8. The van der Waals surface area contributed by atoms with E-state index in [1.54, 1.807) is 0 Å². The van der Waals surface area contributed by atoms with Gasteiger partial charge in [0.2, 0.25) is 0 Å². The van der Waals surface area contributed by atoms with Crippen LogP contribution in [0.5, 0.6) is 0 Å². The first-order valence-corrected chi connectivity index (χ1v) is 10.1. The summed E-state index contributed by atoms with van der Waals surface area (Å²) in [4.78, 5) is 0. The lowest BCUT2D eigenvalue weighted by Crippen LogP contribution is -2.02. The van der Waals surface area contributed by atoms with Gasteiger partial charge in [0.1, 0.15) is 0 Å². The summed E-state index contributed by atoms with van der Waals surface area (Å²) in [5.74, 6) is 0.309. The molecule has 20 heteroatoms. The van der Waals surface area contributed by atoms with Crippen LogP contribution in [0.25, 0.3) is 0 Å². The number of benzene rings is 3. The van der Waals surface area contributed by atoms with Crippen molar-refractivity contribution in [2.45, 2.75) is 5.92 Å². The summed E-state index contributed by atoms with van der Waals surface area (Å²) >= 11 is 0. The van der Waals surface area contributed by atoms with Gasteiger partial charge in [-0.2, -0.15) is 0 Å². The van der Waals surface area contributed by atoms with E-state index in [9.17, 15) is 69.1 Å². The van der Waals surface area contributed by atoms with E-state index in [0.29, 0.717) is 5.92 Å². The summed E-state index contributed by atoms with van der Waals surface area (Å²) in [6.07, 6.45) is 0. The van der Waals surface area contributed by atoms with Crippen molar-refractivity contribution in [3.05, 3.63) is 108 Å². The van der Waals surface area contributed by atoms with Gasteiger partial charge < -0.3 is 69.1 Å². The summed E-state index contributed by atoms with van der Waals surface area (Å²) in [6.45, 7) is 0.